The Kier molecular flexibility index (Phi) is 6.08. The number of rotatable bonds is 7. The molecule has 3 rings (SSSR count). The number of carbonyl (C=O) groups is 2. The van der Waals surface area contributed by atoms with E-state index in [1.807, 2.05) is 36.2 Å². The minimum absolute atomic E-state index is 0.0491. The molecule has 2 amide bonds. The largest absolute Gasteiger partial charge is 0.488 e. The fraction of sp³-hybridized carbons (Fsp3) is 0.333. The van der Waals surface area contributed by atoms with E-state index in [1.54, 1.807) is 24.3 Å². The molecule has 0 bridgehead atoms. The highest BCUT2D eigenvalue weighted by molar-refractivity contribution is 5.95. The summed E-state index contributed by atoms with van der Waals surface area (Å²) in [5.74, 6) is 0.472. The lowest BCUT2D eigenvalue weighted by Gasteiger charge is -2.17. The van der Waals surface area contributed by atoms with E-state index < -0.39 is 5.91 Å². The molecule has 1 aliphatic rings. The lowest BCUT2D eigenvalue weighted by Crippen LogP contribution is -2.30. The van der Waals surface area contributed by atoms with Crippen LogP contribution < -0.4 is 15.8 Å². The normalized spacial score (nSPS) is 16.3. The zero-order chi connectivity index (χ0) is 19.2. The van der Waals surface area contributed by atoms with Crippen molar-refractivity contribution in [3.8, 4) is 5.75 Å². The van der Waals surface area contributed by atoms with Crippen LogP contribution in [-0.2, 0) is 6.61 Å². The molecule has 3 N–H and O–H groups in total. The van der Waals surface area contributed by atoms with Gasteiger partial charge in [0.05, 0.1) is 5.56 Å². The van der Waals surface area contributed by atoms with Crippen molar-refractivity contribution in [2.45, 2.75) is 13.0 Å². The third kappa shape index (κ3) is 4.65. The summed E-state index contributed by atoms with van der Waals surface area (Å²) in [6.07, 6.45) is 1.03. The smallest absolute Gasteiger partial charge is 0.253 e. The van der Waals surface area contributed by atoms with Crippen LogP contribution in [0.5, 0.6) is 5.75 Å². The number of likely N-dealkylation sites (tertiary alicyclic amines) is 1. The molecule has 1 saturated heterocycles. The third-order valence-corrected chi connectivity index (χ3v) is 4.79. The number of hydrogen-bond acceptors (Lipinski definition) is 4. The zero-order valence-electron chi connectivity index (χ0n) is 15.5. The van der Waals surface area contributed by atoms with E-state index in [0.717, 1.165) is 31.6 Å². The van der Waals surface area contributed by atoms with Gasteiger partial charge in [-0.3, -0.25) is 9.59 Å². The number of amides is 2. The maximum Gasteiger partial charge on any atom is 0.253 e. The first-order chi connectivity index (χ1) is 13.1. The van der Waals surface area contributed by atoms with Crippen molar-refractivity contribution in [3.05, 3.63) is 65.2 Å². The van der Waals surface area contributed by atoms with Gasteiger partial charge < -0.3 is 20.7 Å². The van der Waals surface area contributed by atoms with Crippen LogP contribution >= 0.6 is 0 Å². The van der Waals surface area contributed by atoms with Crippen LogP contribution in [0.15, 0.2) is 48.5 Å². The highest BCUT2D eigenvalue weighted by atomic mass is 16.5. The second kappa shape index (κ2) is 8.68. The Bertz CT molecular complexity index is 822. The predicted octanol–water partition coefficient (Wildman–Crippen LogP) is 2.05. The standard InChI is InChI=1S/C21H25N3O3/c1-23-12-16-9-10-24(13-16)21(26)17-6-4-5-15(11-17)14-27-19-8-3-2-7-18(19)20(22)25/h2-8,11,16,23H,9-10,12-14H2,1H3,(H2,22,25). The van der Waals surface area contributed by atoms with Crippen molar-refractivity contribution in [1.29, 1.82) is 0 Å². The summed E-state index contributed by atoms with van der Waals surface area (Å²) in [6.45, 7) is 2.76. The van der Waals surface area contributed by atoms with E-state index in [0.29, 0.717) is 22.8 Å². The van der Waals surface area contributed by atoms with E-state index in [4.69, 9.17) is 10.5 Å². The molecule has 0 aliphatic carbocycles. The van der Waals surface area contributed by atoms with Crippen LogP contribution in [0.25, 0.3) is 0 Å². The molecule has 0 saturated carbocycles. The molecule has 2 aromatic carbocycles. The van der Waals surface area contributed by atoms with Gasteiger partial charge >= 0.3 is 0 Å². The number of para-hydroxylation sites is 1. The second-order valence-electron chi connectivity index (χ2n) is 6.81. The Hall–Kier alpha value is -2.86. The van der Waals surface area contributed by atoms with Crippen LogP contribution in [0, 0.1) is 5.92 Å². The first kappa shape index (κ1) is 18.9. The second-order valence-corrected chi connectivity index (χ2v) is 6.81. The van der Waals surface area contributed by atoms with Crippen LogP contribution in [0.1, 0.15) is 32.7 Å². The van der Waals surface area contributed by atoms with Gasteiger partial charge in [0, 0.05) is 18.7 Å². The Balaban J connectivity index is 1.66. The molecular weight excluding hydrogens is 342 g/mol. The molecule has 27 heavy (non-hydrogen) atoms. The average molecular weight is 367 g/mol. The molecule has 1 unspecified atom stereocenters. The van der Waals surface area contributed by atoms with Gasteiger partial charge in [-0.2, -0.15) is 0 Å². The summed E-state index contributed by atoms with van der Waals surface area (Å²) in [6, 6.07) is 14.3. The van der Waals surface area contributed by atoms with Crippen molar-refractivity contribution >= 4 is 11.8 Å². The summed E-state index contributed by atoms with van der Waals surface area (Å²) in [5.41, 5.74) is 7.24. The molecule has 6 nitrogen and oxygen atoms in total. The molecule has 142 valence electrons. The van der Waals surface area contributed by atoms with E-state index in [9.17, 15) is 9.59 Å². The first-order valence-corrected chi connectivity index (χ1v) is 9.13. The quantitative estimate of drug-likeness (QED) is 0.784. The van der Waals surface area contributed by atoms with Crippen LogP contribution in [0.2, 0.25) is 0 Å². The van der Waals surface area contributed by atoms with Crippen LogP contribution in [0.4, 0.5) is 0 Å². The van der Waals surface area contributed by atoms with Gasteiger partial charge in [-0.25, -0.2) is 0 Å². The third-order valence-electron chi connectivity index (χ3n) is 4.79. The van der Waals surface area contributed by atoms with E-state index in [-0.39, 0.29) is 12.5 Å². The number of carbonyl (C=O) groups excluding carboxylic acids is 2. The Morgan fingerprint density at radius 1 is 1.22 bits per heavy atom. The van der Waals surface area contributed by atoms with Crippen LogP contribution in [0.3, 0.4) is 0 Å². The Morgan fingerprint density at radius 2 is 2.04 bits per heavy atom. The van der Waals surface area contributed by atoms with E-state index >= 15 is 0 Å². The van der Waals surface area contributed by atoms with Gasteiger partial charge in [0.1, 0.15) is 12.4 Å². The molecule has 1 fully saturated rings. The molecule has 1 atom stereocenters. The van der Waals surface area contributed by atoms with Gasteiger partial charge in [0.15, 0.2) is 0 Å². The molecule has 6 heteroatoms. The number of hydrogen-bond donors (Lipinski definition) is 2. The highest BCUT2D eigenvalue weighted by Crippen LogP contribution is 2.21. The molecule has 0 aromatic heterocycles. The number of nitrogens with one attached hydrogen (secondary N) is 1. The van der Waals surface area contributed by atoms with Crippen molar-refractivity contribution in [2.24, 2.45) is 11.7 Å². The first-order valence-electron chi connectivity index (χ1n) is 9.13. The monoisotopic (exact) mass is 367 g/mol. The highest BCUT2D eigenvalue weighted by Gasteiger charge is 2.26. The number of benzene rings is 2. The summed E-state index contributed by atoms with van der Waals surface area (Å²) >= 11 is 0. The number of ether oxygens (including phenoxy) is 1. The van der Waals surface area contributed by atoms with Crippen molar-refractivity contribution in [1.82, 2.24) is 10.2 Å². The molecule has 1 aliphatic heterocycles. The molecule has 0 radical (unpaired) electrons. The number of nitrogens with two attached hydrogens (primary N) is 1. The maximum absolute atomic E-state index is 12.8. The summed E-state index contributed by atoms with van der Waals surface area (Å²) in [7, 11) is 1.93. The number of nitrogens with zero attached hydrogens (tertiary/aromatic N) is 1. The van der Waals surface area contributed by atoms with Gasteiger partial charge in [-0.05, 0) is 55.8 Å². The van der Waals surface area contributed by atoms with Crippen molar-refractivity contribution in [2.75, 3.05) is 26.7 Å². The van der Waals surface area contributed by atoms with Gasteiger partial charge in [0.25, 0.3) is 11.8 Å². The summed E-state index contributed by atoms with van der Waals surface area (Å²) < 4.78 is 5.76. The Morgan fingerprint density at radius 3 is 2.81 bits per heavy atom. The van der Waals surface area contributed by atoms with Crippen molar-refractivity contribution in [3.63, 3.8) is 0 Å². The van der Waals surface area contributed by atoms with E-state index in [1.165, 1.54) is 0 Å². The topological polar surface area (TPSA) is 84.7 Å². The van der Waals surface area contributed by atoms with Crippen LogP contribution in [-0.4, -0.2) is 43.4 Å². The zero-order valence-corrected chi connectivity index (χ0v) is 15.5. The average Bonchev–Trinajstić information content (AvgIpc) is 3.15. The SMILES string of the molecule is CNCC1CCN(C(=O)c2cccc(COc3ccccc3C(N)=O)c2)C1. The van der Waals surface area contributed by atoms with Gasteiger partial charge in [-0.1, -0.05) is 24.3 Å². The van der Waals surface area contributed by atoms with E-state index in [2.05, 4.69) is 5.32 Å². The maximum atomic E-state index is 12.8. The minimum Gasteiger partial charge on any atom is -0.488 e. The summed E-state index contributed by atoms with van der Waals surface area (Å²) in [5, 5.41) is 3.18. The number of primary amides is 1. The fourth-order valence-electron chi connectivity index (χ4n) is 3.41. The molecule has 2 aromatic rings. The van der Waals surface area contributed by atoms with Gasteiger partial charge in [0.2, 0.25) is 0 Å². The fourth-order valence-corrected chi connectivity index (χ4v) is 3.41. The minimum atomic E-state index is -0.528. The van der Waals surface area contributed by atoms with Crippen molar-refractivity contribution < 1.29 is 14.3 Å². The summed E-state index contributed by atoms with van der Waals surface area (Å²) in [4.78, 5) is 26.2. The molecule has 1 heterocycles. The lowest BCUT2D eigenvalue weighted by atomic mass is 10.1. The predicted molar refractivity (Wildman–Crippen MR) is 104 cm³/mol. The molecular formula is C21H25N3O3. The van der Waals surface area contributed by atoms with Gasteiger partial charge in [-0.15, -0.1) is 0 Å². The lowest BCUT2D eigenvalue weighted by molar-refractivity contribution is 0.0787. The molecule has 0 spiro atoms. The Labute approximate surface area is 159 Å².